The first kappa shape index (κ1) is 22.5. The van der Waals surface area contributed by atoms with E-state index in [2.05, 4.69) is 47.6 Å². The van der Waals surface area contributed by atoms with Crippen LogP contribution in [-0.4, -0.2) is 22.9 Å². The van der Waals surface area contributed by atoms with Crippen LogP contribution in [0.5, 0.6) is 0 Å². The highest BCUT2D eigenvalue weighted by Crippen LogP contribution is 2.67. The first-order valence-corrected chi connectivity index (χ1v) is 13.7. The molecular formula is C29H48O2. The highest BCUT2D eigenvalue weighted by molar-refractivity contribution is 5.25. The molecule has 3 unspecified atom stereocenters. The van der Waals surface area contributed by atoms with Gasteiger partial charge in [-0.05, 0) is 117 Å². The van der Waals surface area contributed by atoms with Crippen LogP contribution in [0.15, 0.2) is 11.6 Å². The monoisotopic (exact) mass is 428 g/mol. The first-order valence-electron chi connectivity index (χ1n) is 13.7. The van der Waals surface area contributed by atoms with Crippen molar-refractivity contribution < 1.29 is 9.84 Å². The molecule has 176 valence electrons. The third-order valence-corrected chi connectivity index (χ3v) is 11.8. The van der Waals surface area contributed by atoms with E-state index in [4.69, 9.17) is 4.74 Å². The van der Waals surface area contributed by atoms with Crippen LogP contribution >= 0.6 is 0 Å². The normalized spacial score (nSPS) is 52.2. The molecule has 0 spiro atoms. The standard InChI is InChI=1S/C29H48O2/c1-18(2)29(20(4)31-29)16-11-19(3)24-9-10-25-23-8-7-21-17-22(30)12-14-27(21,5)26(23)13-15-28(24,25)6/h7,18-20,22-26,30H,8-17H2,1-6H3/t19-,20+,22+,23?,24-,25?,26?,27+,28-,29-/m1/s1. The van der Waals surface area contributed by atoms with Gasteiger partial charge in [0, 0.05) is 0 Å². The predicted molar refractivity (Wildman–Crippen MR) is 128 cm³/mol. The van der Waals surface area contributed by atoms with Gasteiger partial charge in [-0.15, -0.1) is 0 Å². The fourth-order valence-corrected chi connectivity index (χ4v) is 9.72. The lowest BCUT2D eigenvalue weighted by Crippen LogP contribution is -2.50. The van der Waals surface area contributed by atoms with Crippen molar-refractivity contribution in [2.75, 3.05) is 0 Å². The number of hydrogen-bond donors (Lipinski definition) is 1. The summed E-state index contributed by atoms with van der Waals surface area (Å²) in [6, 6.07) is 0. The topological polar surface area (TPSA) is 32.8 Å². The van der Waals surface area contributed by atoms with Crippen molar-refractivity contribution in [2.45, 2.75) is 124 Å². The smallest absolute Gasteiger partial charge is 0.0968 e. The summed E-state index contributed by atoms with van der Waals surface area (Å²) in [4.78, 5) is 0. The molecule has 0 aromatic carbocycles. The Hall–Kier alpha value is -0.340. The quantitative estimate of drug-likeness (QED) is 0.372. The maximum atomic E-state index is 10.3. The number of aliphatic hydroxyl groups is 1. The number of ether oxygens (including phenoxy) is 1. The number of aliphatic hydroxyl groups excluding tert-OH is 1. The highest BCUT2D eigenvalue weighted by atomic mass is 16.6. The molecule has 5 rings (SSSR count). The first-order chi connectivity index (χ1) is 14.6. The molecule has 5 aliphatic rings. The zero-order valence-electron chi connectivity index (χ0n) is 21.1. The Labute approximate surface area is 191 Å². The molecule has 0 aromatic rings. The molecular weight excluding hydrogens is 380 g/mol. The molecule has 1 saturated heterocycles. The van der Waals surface area contributed by atoms with E-state index in [1.54, 1.807) is 5.57 Å². The van der Waals surface area contributed by atoms with Crippen LogP contribution in [0.3, 0.4) is 0 Å². The van der Waals surface area contributed by atoms with E-state index in [9.17, 15) is 5.11 Å². The van der Waals surface area contributed by atoms with E-state index >= 15 is 0 Å². The molecule has 4 aliphatic carbocycles. The second kappa shape index (κ2) is 7.59. The van der Waals surface area contributed by atoms with Gasteiger partial charge in [-0.1, -0.05) is 46.3 Å². The van der Waals surface area contributed by atoms with Gasteiger partial charge in [-0.25, -0.2) is 0 Å². The summed E-state index contributed by atoms with van der Waals surface area (Å²) in [5.41, 5.74) is 2.69. The summed E-state index contributed by atoms with van der Waals surface area (Å²) in [6.07, 6.45) is 15.7. The minimum absolute atomic E-state index is 0.0891. The molecule has 0 amide bonds. The highest BCUT2D eigenvalue weighted by Gasteiger charge is 2.60. The second-order valence-corrected chi connectivity index (χ2v) is 13.3. The minimum Gasteiger partial charge on any atom is -0.393 e. The number of hydrogen-bond acceptors (Lipinski definition) is 2. The van der Waals surface area contributed by atoms with Gasteiger partial charge < -0.3 is 9.84 Å². The number of fused-ring (bicyclic) bond motifs is 5. The van der Waals surface area contributed by atoms with Crippen LogP contribution in [-0.2, 0) is 4.74 Å². The maximum absolute atomic E-state index is 10.3. The van der Waals surface area contributed by atoms with Crippen molar-refractivity contribution in [2.24, 2.45) is 46.3 Å². The fourth-order valence-electron chi connectivity index (χ4n) is 9.72. The molecule has 1 heterocycles. The molecule has 10 atom stereocenters. The predicted octanol–water partition coefficient (Wildman–Crippen LogP) is 7.16. The summed E-state index contributed by atoms with van der Waals surface area (Å²) < 4.78 is 6.13. The number of allylic oxidation sites excluding steroid dienone is 1. The Morgan fingerprint density at radius 1 is 1.06 bits per heavy atom. The fraction of sp³-hybridized carbons (Fsp3) is 0.931. The Bertz CT molecular complexity index is 726. The Morgan fingerprint density at radius 2 is 1.81 bits per heavy atom. The van der Waals surface area contributed by atoms with Crippen LogP contribution in [0.4, 0.5) is 0 Å². The molecule has 2 heteroatoms. The van der Waals surface area contributed by atoms with E-state index < -0.39 is 0 Å². The molecule has 1 N–H and O–H groups in total. The molecule has 2 nitrogen and oxygen atoms in total. The van der Waals surface area contributed by atoms with E-state index in [0.717, 1.165) is 42.4 Å². The largest absolute Gasteiger partial charge is 0.393 e. The lowest BCUT2D eigenvalue weighted by molar-refractivity contribution is -0.0576. The van der Waals surface area contributed by atoms with E-state index in [0.29, 0.717) is 22.9 Å². The summed E-state index contributed by atoms with van der Waals surface area (Å²) in [7, 11) is 0. The van der Waals surface area contributed by atoms with Crippen molar-refractivity contribution in [3.8, 4) is 0 Å². The maximum Gasteiger partial charge on any atom is 0.0968 e. The van der Waals surface area contributed by atoms with Crippen molar-refractivity contribution in [1.29, 1.82) is 0 Å². The summed E-state index contributed by atoms with van der Waals surface area (Å²) in [5.74, 6) is 4.99. The SMILES string of the molecule is CC(C)[C@@]1(CC[C@@H](C)[C@H]2CCC3C4CC=C5C[C@@H](O)CC[C@]5(C)C4CC[C@@]32C)O[C@H]1C. The van der Waals surface area contributed by atoms with Crippen molar-refractivity contribution >= 4 is 0 Å². The number of rotatable bonds is 5. The Balaban J connectivity index is 1.30. The van der Waals surface area contributed by atoms with Gasteiger partial charge in [0.05, 0.1) is 17.8 Å². The van der Waals surface area contributed by atoms with Crippen LogP contribution in [0.1, 0.15) is 106 Å². The Kier molecular flexibility index (Phi) is 5.50. The summed E-state index contributed by atoms with van der Waals surface area (Å²) in [6.45, 7) is 14.8. The van der Waals surface area contributed by atoms with Gasteiger partial charge in [-0.3, -0.25) is 0 Å². The summed E-state index contributed by atoms with van der Waals surface area (Å²) >= 11 is 0. The number of epoxide rings is 1. The lowest BCUT2D eigenvalue weighted by atomic mass is 9.47. The third-order valence-electron chi connectivity index (χ3n) is 11.8. The van der Waals surface area contributed by atoms with Gasteiger partial charge in [0.1, 0.15) is 0 Å². The van der Waals surface area contributed by atoms with Gasteiger partial charge in [0.15, 0.2) is 0 Å². The molecule has 3 saturated carbocycles. The van der Waals surface area contributed by atoms with E-state index in [1.807, 2.05) is 0 Å². The lowest BCUT2D eigenvalue weighted by Gasteiger charge is -2.58. The zero-order valence-corrected chi connectivity index (χ0v) is 21.1. The molecule has 0 bridgehead atoms. The molecule has 1 aliphatic heterocycles. The average Bonchev–Trinajstić information content (AvgIpc) is 3.25. The van der Waals surface area contributed by atoms with Crippen LogP contribution in [0.2, 0.25) is 0 Å². The molecule has 0 aromatic heterocycles. The molecule has 0 radical (unpaired) electrons. The van der Waals surface area contributed by atoms with Crippen LogP contribution in [0.25, 0.3) is 0 Å². The molecule has 4 fully saturated rings. The van der Waals surface area contributed by atoms with Gasteiger partial charge >= 0.3 is 0 Å². The van der Waals surface area contributed by atoms with Crippen molar-refractivity contribution in [3.63, 3.8) is 0 Å². The van der Waals surface area contributed by atoms with Crippen LogP contribution < -0.4 is 0 Å². The average molecular weight is 429 g/mol. The van der Waals surface area contributed by atoms with Gasteiger partial charge in [0.2, 0.25) is 0 Å². The molecule has 31 heavy (non-hydrogen) atoms. The second-order valence-electron chi connectivity index (χ2n) is 13.3. The van der Waals surface area contributed by atoms with Crippen molar-refractivity contribution in [3.05, 3.63) is 11.6 Å². The van der Waals surface area contributed by atoms with Crippen molar-refractivity contribution in [1.82, 2.24) is 0 Å². The van der Waals surface area contributed by atoms with E-state index in [-0.39, 0.29) is 11.7 Å². The van der Waals surface area contributed by atoms with Gasteiger partial charge in [0.25, 0.3) is 0 Å². The summed E-state index contributed by atoms with van der Waals surface area (Å²) in [5, 5.41) is 10.3. The van der Waals surface area contributed by atoms with E-state index in [1.165, 1.54) is 51.4 Å². The van der Waals surface area contributed by atoms with Crippen LogP contribution in [0, 0.1) is 46.3 Å². The zero-order chi connectivity index (χ0) is 22.2. The minimum atomic E-state index is -0.0891. The Morgan fingerprint density at radius 3 is 2.48 bits per heavy atom. The van der Waals surface area contributed by atoms with Gasteiger partial charge in [-0.2, -0.15) is 0 Å². The third kappa shape index (κ3) is 3.32.